The minimum absolute atomic E-state index is 0.00412. The van der Waals surface area contributed by atoms with Gasteiger partial charge >= 0.3 is 0 Å². The van der Waals surface area contributed by atoms with Crippen LogP contribution in [0.15, 0.2) is 53.9 Å². The third kappa shape index (κ3) is 4.48. The monoisotopic (exact) mass is 463 g/mol. The van der Waals surface area contributed by atoms with Gasteiger partial charge in [0.2, 0.25) is 5.91 Å². The van der Waals surface area contributed by atoms with E-state index in [1.807, 2.05) is 35.2 Å². The zero-order valence-corrected chi connectivity index (χ0v) is 19.5. The molecule has 0 radical (unpaired) electrons. The molecular formula is C26H29N3O3S. The Morgan fingerprint density at radius 2 is 1.79 bits per heavy atom. The van der Waals surface area contributed by atoms with Crippen LogP contribution in [0.5, 0.6) is 5.75 Å². The number of nitrogens with zero attached hydrogens (tertiary/aromatic N) is 3. The first-order valence-corrected chi connectivity index (χ1v) is 12.5. The SMILES string of the molecule is O=C(C1CCCN1C(=O)c1ccc2ccccc2c1O)N1CCN(CCc2cccs2)CC1. The van der Waals surface area contributed by atoms with Crippen LogP contribution in [-0.4, -0.2) is 76.9 Å². The second-order valence-corrected chi connectivity index (χ2v) is 9.87. The number of benzene rings is 2. The Bertz CT molecular complexity index is 1140. The highest BCUT2D eigenvalue weighted by Gasteiger charge is 2.38. The predicted molar refractivity (Wildman–Crippen MR) is 131 cm³/mol. The molecule has 7 heteroatoms. The molecule has 3 aromatic rings. The first-order chi connectivity index (χ1) is 16.1. The number of fused-ring (bicyclic) bond motifs is 1. The van der Waals surface area contributed by atoms with E-state index in [1.54, 1.807) is 22.3 Å². The molecule has 1 unspecified atom stereocenters. The van der Waals surface area contributed by atoms with Gasteiger partial charge in [-0.25, -0.2) is 0 Å². The molecule has 0 spiro atoms. The zero-order valence-electron chi connectivity index (χ0n) is 18.7. The van der Waals surface area contributed by atoms with Gasteiger partial charge in [0.1, 0.15) is 11.8 Å². The lowest BCUT2D eigenvalue weighted by Crippen LogP contribution is -2.54. The van der Waals surface area contributed by atoms with Crippen molar-refractivity contribution < 1.29 is 14.7 Å². The second-order valence-electron chi connectivity index (χ2n) is 8.84. The molecule has 1 N–H and O–H groups in total. The largest absolute Gasteiger partial charge is 0.506 e. The van der Waals surface area contributed by atoms with Gasteiger partial charge in [0.25, 0.3) is 5.91 Å². The first kappa shape index (κ1) is 21.9. The molecule has 2 saturated heterocycles. The molecule has 2 fully saturated rings. The van der Waals surface area contributed by atoms with Gasteiger partial charge in [0.05, 0.1) is 5.56 Å². The van der Waals surface area contributed by atoms with Crippen molar-refractivity contribution in [2.45, 2.75) is 25.3 Å². The average molecular weight is 464 g/mol. The fraction of sp³-hybridized carbons (Fsp3) is 0.385. The van der Waals surface area contributed by atoms with Crippen molar-refractivity contribution in [3.63, 3.8) is 0 Å². The summed E-state index contributed by atoms with van der Waals surface area (Å²) in [7, 11) is 0. The minimum atomic E-state index is -0.443. The molecule has 2 amide bonds. The molecule has 2 aromatic carbocycles. The maximum atomic E-state index is 13.3. The fourth-order valence-electron chi connectivity index (χ4n) is 4.97. The Morgan fingerprint density at radius 3 is 2.58 bits per heavy atom. The normalized spacial score (nSPS) is 19.3. The van der Waals surface area contributed by atoms with E-state index < -0.39 is 6.04 Å². The van der Waals surface area contributed by atoms with Gasteiger partial charge in [-0.2, -0.15) is 0 Å². The molecule has 3 heterocycles. The molecule has 1 aromatic heterocycles. The van der Waals surface area contributed by atoms with E-state index >= 15 is 0 Å². The summed E-state index contributed by atoms with van der Waals surface area (Å²) in [4.78, 5) is 34.1. The lowest BCUT2D eigenvalue weighted by molar-refractivity contribution is -0.137. The number of amides is 2. The number of carbonyl (C=O) groups is 2. The summed E-state index contributed by atoms with van der Waals surface area (Å²) < 4.78 is 0. The summed E-state index contributed by atoms with van der Waals surface area (Å²) in [6, 6.07) is 14.8. The first-order valence-electron chi connectivity index (χ1n) is 11.7. The maximum Gasteiger partial charge on any atom is 0.258 e. The van der Waals surface area contributed by atoms with E-state index in [9.17, 15) is 14.7 Å². The van der Waals surface area contributed by atoms with Crippen molar-refractivity contribution in [3.05, 3.63) is 64.4 Å². The number of carbonyl (C=O) groups excluding carboxylic acids is 2. The number of hydrogen-bond donors (Lipinski definition) is 1. The molecule has 0 bridgehead atoms. The van der Waals surface area contributed by atoms with Crippen molar-refractivity contribution in [1.29, 1.82) is 0 Å². The van der Waals surface area contributed by atoms with Crippen LogP contribution in [0.2, 0.25) is 0 Å². The van der Waals surface area contributed by atoms with Crippen LogP contribution in [0.4, 0.5) is 0 Å². The molecule has 2 aliphatic rings. The highest BCUT2D eigenvalue weighted by Crippen LogP contribution is 2.31. The molecule has 1 atom stereocenters. The number of aromatic hydroxyl groups is 1. The summed E-state index contributed by atoms with van der Waals surface area (Å²) in [5.41, 5.74) is 0.270. The Morgan fingerprint density at radius 1 is 0.970 bits per heavy atom. The lowest BCUT2D eigenvalue weighted by atomic mass is 10.0. The number of thiophene rings is 1. The molecule has 6 nitrogen and oxygen atoms in total. The van der Waals surface area contributed by atoms with Gasteiger partial charge < -0.3 is 14.9 Å². The minimum Gasteiger partial charge on any atom is -0.506 e. The second kappa shape index (κ2) is 9.53. The van der Waals surface area contributed by atoms with Gasteiger partial charge in [0.15, 0.2) is 0 Å². The van der Waals surface area contributed by atoms with Crippen molar-refractivity contribution in [2.75, 3.05) is 39.3 Å². The number of phenolic OH excluding ortho intramolecular Hbond substituents is 1. The number of hydrogen-bond acceptors (Lipinski definition) is 5. The summed E-state index contributed by atoms with van der Waals surface area (Å²) in [5, 5.41) is 14.4. The van der Waals surface area contributed by atoms with E-state index in [2.05, 4.69) is 22.4 Å². The van der Waals surface area contributed by atoms with Crippen molar-refractivity contribution in [3.8, 4) is 5.75 Å². The van der Waals surface area contributed by atoms with Gasteiger partial charge in [-0.15, -0.1) is 11.3 Å². The van der Waals surface area contributed by atoms with Crippen LogP contribution in [-0.2, 0) is 11.2 Å². The average Bonchev–Trinajstić information content (AvgIpc) is 3.55. The predicted octanol–water partition coefficient (Wildman–Crippen LogP) is 3.60. The van der Waals surface area contributed by atoms with Crippen LogP contribution in [0.25, 0.3) is 10.8 Å². The summed E-state index contributed by atoms with van der Waals surface area (Å²) in [6.45, 7) is 4.68. The van der Waals surface area contributed by atoms with Gasteiger partial charge in [-0.1, -0.05) is 36.4 Å². The number of piperazine rings is 1. The summed E-state index contributed by atoms with van der Waals surface area (Å²) in [5.74, 6) is -0.224. The Hall–Kier alpha value is -2.90. The molecule has 172 valence electrons. The molecule has 5 rings (SSSR count). The highest BCUT2D eigenvalue weighted by molar-refractivity contribution is 7.09. The van der Waals surface area contributed by atoms with Crippen LogP contribution in [0, 0.1) is 0 Å². The van der Waals surface area contributed by atoms with E-state index in [-0.39, 0.29) is 23.1 Å². The smallest absolute Gasteiger partial charge is 0.258 e. The van der Waals surface area contributed by atoms with Crippen molar-refractivity contribution in [2.24, 2.45) is 0 Å². The summed E-state index contributed by atoms with van der Waals surface area (Å²) >= 11 is 1.79. The van der Waals surface area contributed by atoms with E-state index in [4.69, 9.17) is 0 Å². The third-order valence-electron chi connectivity index (χ3n) is 6.87. The van der Waals surface area contributed by atoms with Crippen LogP contribution in [0.3, 0.4) is 0 Å². The quantitative estimate of drug-likeness (QED) is 0.628. The molecular weight excluding hydrogens is 434 g/mol. The molecule has 0 aliphatic carbocycles. The number of rotatable bonds is 5. The Balaban J connectivity index is 1.23. The molecule has 0 saturated carbocycles. The van der Waals surface area contributed by atoms with Crippen LogP contribution < -0.4 is 0 Å². The van der Waals surface area contributed by atoms with Crippen molar-refractivity contribution in [1.82, 2.24) is 14.7 Å². The van der Waals surface area contributed by atoms with Crippen LogP contribution >= 0.6 is 11.3 Å². The fourth-order valence-corrected chi connectivity index (χ4v) is 5.67. The van der Waals surface area contributed by atoms with E-state index in [1.165, 1.54) is 4.88 Å². The third-order valence-corrected chi connectivity index (χ3v) is 7.80. The zero-order chi connectivity index (χ0) is 22.8. The van der Waals surface area contributed by atoms with Crippen LogP contribution in [0.1, 0.15) is 28.1 Å². The highest BCUT2D eigenvalue weighted by atomic mass is 32.1. The van der Waals surface area contributed by atoms with E-state index in [0.29, 0.717) is 31.4 Å². The van der Waals surface area contributed by atoms with Crippen molar-refractivity contribution >= 4 is 33.9 Å². The van der Waals surface area contributed by atoms with Gasteiger partial charge in [-0.05, 0) is 42.2 Å². The summed E-state index contributed by atoms with van der Waals surface area (Å²) in [6.07, 6.45) is 2.53. The number of likely N-dealkylation sites (tertiary alicyclic amines) is 1. The van der Waals surface area contributed by atoms with Gasteiger partial charge in [0, 0.05) is 49.5 Å². The molecule has 2 aliphatic heterocycles. The standard InChI is InChI=1S/C26H29N3O3S/c30-24-21-7-2-1-5-19(21)9-10-22(24)25(31)29-12-3-8-23(29)26(32)28-16-14-27(15-17-28)13-11-20-6-4-18-33-20/h1-2,4-7,9-10,18,23,30H,3,8,11-17H2. The Labute approximate surface area is 198 Å². The lowest BCUT2D eigenvalue weighted by Gasteiger charge is -2.37. The maximum absolute atomic E-state index is 13.3. The van der Waals surface area contributed by atoms with Gasteiger partial charge in [-0.3, -0.25) is 14.5 Å². The number of phenols is 1. The Kier molecular flexibility index (Phi) is 6.33. The molecule has 33 heavy (non-hydrogen) atoms. The topological polar surface area (TPSA) is 64.1 Å². The van der Waals surface area contributed by atoms with E-state index in [0.717, 1.165) is 37.9 Å².